The number of benzene rings is 3. The molecule has 0 saturated heterocycles. The quantitative estimate of drug-likeness (QED) is 0.180. The highest BCUT2D eigenvalue weighted by Gasteiger charge is 2.37. The molecule has 0 aliphatic carbocycles. The molecule has 3 aromatic rings. The van der Waals surface area contributed by atoms with Gasteiger partial charge in [0, 0.05) is 25.1 Å². The summed E-state index contributed by atoms with van der Waals surface area (Å²) in [6.07, 6.45) is 1.61. The van der Waals surface area contributed by atoms with Crippen molar-refractivity contribution in [3.8, 4) is 11.5 Å². The molecule has 0 aliphatic heterocycles. The van der Waals surface area contributed by atoms with Gasteiger partial charge in [0.2, 0.25) is 11.8 Å². The standard InChI is InChI=1S/C35H45N3O6/c1-6-7-11-21-38(33(42)29(37-34(43)44-35(3,4)5)22-25-17-19-27(39)20-18-25)30(28-16-12-13-24(2)31(28)40)32(41)36-23-26-14-9-8-10-15-26/h8-10,12-20,29-30,39-40H,6-7,11,21-23H2,1-5H3,(H,36,41)(H,37,43). The Labute approximate surface area is 260 Å². The van der Waals surface area contributed by atoms with Crippen molar-refractivity contribution in [1.82, 2.24) is 15.5 Å². The van der Waals surface area contributed by atoms with Crippen LogP contribution >= 0.6 is 0 Å². The van der Waals surface area contributed by atoms with E-state index in [1.165, 1.54) is 17.0 Å². The van der Waals surface area contributed by atoms with Crippen LogP contribution in [0.2, 0.25) is 0 Å². The first-order valence-corrected chi connectivity index (χ1v) is 15.1. The average molecular weight is 604 g/mol. The van der Waals surface area contributed by atoms with E-state index in [0.717, 1.165) is 18.4 Å². The Kier molecular flexibility index (Phi) is 12.2. The maximum Gasteiger partial charge on any atom is 0.408 e. The van der Waals surface area contributed by atoms with E-state index >= 15 is 0 Å². The van der Waals surface area contributed by atoms with Gasteiger partial charge in [-0.05, 0) is 62.9 Å². The van der Waals surface area contributed by atoms with E-state index in [1.54, 1.807) is 58.0 Å². The summed E-state index contributed by atoms with van der Waals surface area (Å²) >= 11 is 0. The molecule has 0 saturated carbocycles. The van der Waals surface area contributed by atoms with E-state index in [9.17, 15) is 24.6 Å². The van der Waals surface area contributed by atoms with Gasteiger partial charge in [0.1, 0.15) is 29.2 Å². The number of phenolic OH excluding ortho intramolecular Hbond substituents is 2. The third kappa shape index (κ3) is 10.0. The number of para-hydroxylation sites is 1. The molecule has 2 atom stereocenters. The van der Waals surface area contributed by atoms with Crippen LogP contribution in [0.1, 0.15) is 75.3 Å². The summed E-state index contributed by atoms with van der Waals surface area (Å²) in [5, 5.41) is 26.6. The number of hydrogen-bond acceptors (Lipinski definition) is 6. The molecule has 0 radical (unpaired) electrons. The van der Waals surface area contributed by atoms with Gasteiger partial charge in [-0.1, -0.05) is 80.4 Å². The van der Waals surface area contributed by atoms with Crippen molar-refractivity contribution in [2.24, 2.45) is 0 Å². The normalized spacial score (nSPS) is 12.6. The summed E-state index contributed by atoms with van der Waals surface area (Å²) in [7, 11) is 0. The van der Waals surface area contributed by atoms with Crippen molar-refractivity contribution in [3.05, 3.63) is 95.1 Å². The lowest BCUT2D eigenvalue weighted by atomic mass is 9.97. The molecule has 3 amide bonds. The molecule has 9 nitrogen and oxygen atoms in total. The molecule has 236 valence electrons. The van der Waals surface area contributed by atoms with Crippen LogP contribution in [0.5, 0.6) is 11.5 Å². The first-order valence-electron chi connectivity index (χ1n) is 15.1. The van der Waals surface area contributed by atoms with Crippen molar-refractivity contribution in [3.63, 3.8) is 0 Å². The summed E-state index contributed by atoms with van der Waals surface area (Å²) in [4.78, 5) is 43.0. The molecule has 4 N–H and O–H groups in total. The minimum Gasteiger partial charge on any atom is -0.508 e. The fourth-order valence-electron chi connectivity index (χ4n) is 4.85. The number of carbonyl (C=O) groups excluding carboxylic acids is 3. The Balaban J connectivity index is 2.06. The molecule has 2 unspecified atom stereocenters. The number of unbranched alkanes of at least 4 members (excludes halogenated alkanes) is 2. The van der Waals surface area contributed by atoms with Crippen molar-refractivity contribution < 1.29 is 29.3 Å². The monoisotopic (exact) mass is 603 g/mol. The first kappa shape index (κ1) is 34.0. The number of aryl methyl sites for hydroxylation is 1. The number of carbonyl (C=O) groups is 3. The van der Waals surface area contributed by atoms with Gasteiger partial charge >= 0.3 is 6.09 Å². The fourth-order valence-corrected chi connectivity index (χ4v) is 4.85. The number of nitrogens with one attached hydrogen (secondary N) is 2. The molecular formula is C35H45N3O6. The predicted molar refractivity (Wildman–Crippen MR) is 170 cm³/mol. The number of hydrogen-bond donors (Lipinski definition) is 4. The smallest absolute Gasteiger partial charge is 0.408 e. The molecule has 44 heavy (non-hydrogen) atoms. The van der Waals surface area contributed by atoms with Crippen LogP contribution in [0.15, 0.2) is 72.8 Å². The van der Waals surface area contributed by atoms with Gasteiger partial charge in [-0.3, -0.25) is 9.59 Å². The fraction of sp³-hybridized carbons (Fsp3) is 0.400. The van der Waals surface area contributed by atoms with Crippen molar-refractivity contribution in [2.45, 2.75) is 84.5 Å². The van der Waals surface area contributed by atoms with E-state index in [4.69, 9.17) is 4.74 Å². The maximum atomic E-state index is 14.5. The van der Waals surface area contributed by atoms with E-state index < -0.39 is 35.6 Å². The van der Waals surface area contributed by atoms with Gasteiger partial charge in [0.25, 0.3) is 0 Å². The third-order valence-corrected chi connectivity index (χ3v) is 7.08. The second kappa shape index (κ2) is 15.8. The van der Waals surface area contributed by atoms with E-state index in [0.29, 0.717) is 23.1 Å². The molecular weight excluding hydrogens is 558 g/mol. The van der Waals surface area contributed by atoms with Gasteiger partial charge in [-0.25, -0.2) is 4.79 Å². The van der Waals surface area contributed by atoms with E-state index in [1.807, 2.05) is 37.3 Å². The second-order valence-corrected chi connectivity index (χ2v) is 11.9. The van der Waals surface area contributed by atoms with Crippen LogP contribution in [-0.2, 0) is 27.3 Å². The minimum atomic E-state index is -1.18. The van der Waals surface area contributed by atoms with Gasteiger partial charge in [0.15, 0.2) is 0 Å². The van der Waals surface area contributed by atoms with Gasteiger partial charge in [0.05, 0.1) is 0 Å². The topological polar surface area (TPSA) is 128 Å². The Bertz CT molecular complexity index is 1390. The third-order valence-electron chi connectivity index (χ3n) is 7.08. The Hall–Kier alpha value is -4.53. The molecule has 0 aromatic heterocycles. The number of aromatic hydroxyl groups is 2. The average Bonchev–Trinajstić information content (AvgIpc) is 2.97. The summed E-state index contributed by atoms with van der Waals surface area (Å²) in [5.74, 6) is -0.958. The summed E-state index contributed by atoms with van der Waals surface area (Å²) in [6.45, 7) is 9.41. The maximum absolute atomic E-state index is 14.5. The molecule has 3 rings (SSSR count). The van der Waals surface area contributed by atoms with Crippen LogP contribution in [0, 0.1) is 6.92 Å². The molecule has 9 heteroatoms. The first-order chi connectivity index (χ1) is 20.9. The van der Waals surface area contributed by atoms with Crippen LogP contribution in [0.3, 0.4) is 0 Å². The Morgan fingerprint density at radius 1 is 0.886 bits per heavy atom. The van der Waals surface area contributed by atoms with E-state index in [-0.39, 0.29) is 31.0 Å². The highest BCUT2D eigenvalue weighted by Crippen LogP contribution is 2.33. The largest absolute Gasteiger partial charge is 0.508 e. The summed E-state index contributed by atoms with van der Waals surface area (Å²) in [5.41, 5.74) is 1.63. The molecule has 0 heterocycles. The zero-order valence-corrected chi connectivity index (χ0v) is 26.3. The van der Waals surface area contributed by atoms with Gasteiger partial charge in [-0.15, -0.1) is 0 Å². The molecule has 0 aliphatic rings. The SMILES string of the molecule is CCCCCN(C(=O)C(Cc1ccc(O)cc1)NC(=O)OC(C)(C)C)C(C(=O)NCc1ccccc1)c1cccc(C)c1O. The molecule has 0 fully saturated rings. The zero-order chi connectivity index (χ0) is 32.3. The second-order valence-electron chi connectivity index (χ2n) is 11.9. The van der Waals surface area contributed by atoms with Gasteiger partial charge in [-0.2, -0.15) is 0 Å². The van der Waals surface area contributed by atoms with Crippen molar-refractivity contribution >= 4 is 17.9 Å². The molecule has 0 spiro atoms. The summed E-state index contributed by atoms with van der Waals surface area (Å²) < 4.78 is 5.49. The van der Waals surface area contributed by atoms with Crippen LogP contribution in [0.4, 0.5) is 4.79 Å². The zero-order valence-electron chi connectivity index (χ0n) is 26.3. The summed E-state index contributed by atoms with van der Waals surface area (Å²) in [6, 6.07) is 18.6. The van der Waals surface area contributed by atoms with Crippen molar-refractivity contribution in [1.29, 1.82) is 0 Å². The lowest BCUT2D eigenvalue weighted by molar-refractivity contribution is -0.142. The number of rotatable bonds is 13. The lowest BCUT2D eigenvalue weighted by Crippen LogP contribution is -2.54. The predicted octanol–water partition coefficient (Wildman–Crippen LogP) is 5.92. The Morgan fingerprint density at radius 3 is 2.20 bits per heavy atom. The number of phenols is 2. The van der Waals surface area contributed by atoms with Crippen LogP contribution in [-0.4, -0.2) is 51.2 Å². The molecule has 0 bridgehead atoms. The van der Waals surface area contributed by atoms with Crippen LogP contribution in [0.25, 0.3) is 0 Å². The number of nitrogens with zero attached hydrogens (tertiary/aromatic N) is 1. The van der Waals surface area contributed by atoms with E-state index in [2.05, 4.69) is 10.6 Å². The molecule has 3 aromatic carbocycles. The van der Waals surface area contributed by atoms with Gasteiger partial charge < -0.3 is 30.5 Å². The highest BCUT2D eigenvalue weighted by molar-refractivity contribution is 5.92. The van der Waals surface area contributed by atoms with Crippen molar-refractivity contribution in [2.75, 3.05) is 6.54 Å². The highest BCUT2D eigenvalue weighted by atomic mass is 16.6. The van der Waals surface area contributed by atoms with Crippen LogP contribution < -0.4 is 10.6 Å². The number of ether oxygens (including phenoxy) is 1. The number of alkyl carbamates (subject to hydrolysis) is 1. The minimum absolute atomic E-state index is 0.0722. The number of amides is 3. The lowest BCUT2D eigenvalue weighted by Gasteiger charge is -2.35. The Morgan fingerprint density at radius 2 is 1.57 bits per heavy atom.